The number of halogens is 2. The minimum absolute atomic E-state index is 0.0856. The highest BCUT2D eigenvalue weighted by atomic mass is 19.1. The molecular formula is C13H13F2N3O2. The number of nitrogens with one attached hydrogen (secondary N) is 1. The number of nitrogens with zero attached hydrogens (tertiary/aromatic N) is 2. The van der Waals surface area contributed by atoms with Gasteiger partial charge in [-0.2, -0.15) is 5.26 Å². The zero-order valence-electron chi connectivity index (χ0n) is 10.8. The fourth-order valence-corrected chi connectivity index (χ4v) is 2.03. The number of ether oxygens (including phenoxy) is 1. The average molecular weight is 281 g/mol. The van der Waals surface area contributed by atoms with Crippen LogP contribution in [0.5, 0.6) is 0 Å². The summed E-state index contributed by atoms with van der Waals surface area (Å²) in [6.07, 6.45) is -0.709. The zero-order valence-corrected chi connectivity index (χ0v) is 10.8. The van der Waals surface area contributed by atoms with E-state index in [-0.39, 0.29) is 30.9 Å². The van der Waals surface area contributed by atoms with Crippen LogP contribution in [0.3, 0.4) is 0 Å². The van der Waals surface area contributed by atoms with Crippen LogP contribution >= 0.6 is 0 Å². The molecular weight excluding hydrogens is 268 g/mol. The summed E-state index contributed by atoms with van der Waals surface area (Å²) in [6, 6.07) is 3.87. The van der Waals surface area contributed by atoms with Crippen LogP contribution in [0.2, 0.25) is 0 Å². The molecule has 1 aliphatic rings. The number of morpholine rings is 1. The van der Waals surface area contributed by atoms with Crippen molar-refractivity contribution in [1.29, 1.82) is 5.26 Å². The molecule has 1 saturated heterocycles. The van der Waals surface area contributed by atoms with E-state index in [1.165, 1.54) is 11.9 Å². The molecule has 7 heteroatoms. The van der Waals surface area contributed by atoms with E-state index in [4.69, 9.17) is 10.00 Å². The van der Waals surface area contributed by atoms with E-state index < -0.39 is 23.6 Å². The minimum atomic E-state index is -0.832. The highest BCUT2D eigenvalue weighted by molar-refractivity contribution is 5.94. The molecule has 0 spiro atoms. The SMILES string of the molecule is CNc1c(F)cc(C(=O)N2CCOC(C#N)C2)cc1F. The Balaban J connectivity index is 2.23. The van der Waals surface area contributed by atoms with E-state index in [1.807, 2.05) is 6.07 Å². The van der Waals surface area contributed by atoms with Crippen molar-refractivity contribution in [1.82, 2.24) is 4.90 Å². The maximum atomic E-state index is 13.6. The van der Waals surface area contributed by atoms with Crippen molar-refractivity contribution in [3.63, 3.8) is 0 Å². The van der Waals surface area contributed by atoms with Gasteiger partial charge in [-0.15, -0.1) is 0 Å². The summed E-state index contributed by atoms with van der Waals surface area (Å²) in [7, 11) is 1.39. The molecule has 0 saturated carbocycles. The van der Waals surface area contributed by atoms with E-state index >= 15 is 0 Å². The molecule has 1 fully saturated rings. The van der Waals surface area contributed by atoms with Gasteiger partial charge in [-0.25, -0.2) is 8.78 Å². The third-order valence-corrected chi connectivity index (χ3v) is 3.04. The van der Waals surface area contributed by atoms with Gasteiger partial charge in [-0.05, 0) is 12.1 Å². The Morgan fingerprint density at radius 1 is 1.50 bits per heavy atom. The number of benzene rings is 1. The number of hydrogen-bond donors (Lipinski definition) is 1. The van der Waals surface area contributed by atoms with Crippen LogP contribution in [0, 0.1) is 23.0 Å². The molecule has 0 aliphatic carbocycles. The van der Waals surface area contributed by atoms with Crippen LogP contribution in [0.1, 0.15) is 10.4 Å². The zero-order chi connectivity index (χ0) is 14.7. The van der Waals surface area contributed by atoms with E-state index in [1.54, 1.807) is 0 Å². The Hall–Kier alpha value is -2.20. The molecule has 20 heavy (non-hydrogen) atoms. The molecule has 5 nitrogen and oxygen atoms in total. The summed E-state index contributed by atoms with van der Waals surface area (Å²) in [5.74, 6) is -2.18. The van der Waals surface area contributed by atoms with Gasteiger partial charge in [0.25, 0.3) is 5.91 Å². The fraction of sp³-hybridized carbons (Fsp3) is 0.385. The second kappa shape index (κ2) is 5.84. The molecule has 1 amide bonds. The second-order valence-corrected chi connectivity index (χ2v) is 4.30. The molecule has 0 bridgehead atoms. The van der Waals surface area contributed by atoms with Gasteiger partial charge in [0, 0.05) is 19.2 Å². The Kier molecular flexibility index (Phi) is 4.15. The summed E-state index contributed by atoms with van der Waals surface area (Å²) in [6.45, 7) is 0.601. The number of carbonyl (C=O) groups excluding carboxylic acids is 1. The van der Waals surface area contributed by atoms with Crippen LogP contribution < -0.4 is 5.32 Å². The van der Waals surface area contributed by atoms with Gasteiger partial charge in [-0.1, -0.05) is 0 Å². The molecule has 1 unspecified atom stereocenters. The first-order valence-electron chi connectivity index (χ1n) is 6.04. The summed E-state index contributed by atoms with van der Waals surface area (Å²) in [5, 5.41) is 11.2. The van der Waals surface area contributed by atoms with Crippen molar-refractivity contribution >= 4 is 11.6 Å². The van der Waals surface area contributed by atoms with Gasteiger partial charge < -0.3 is 15.0 Å². The van der Waals surface area contributed by atoms with Crippen molar-refractivity contribution in [2.24, 2.45) is 0 Å². The lowest BCUT2D eigenvalue weighted by Gasteiger charge is -2.29. The van der Waals surface area contributed by atoms with E-state index in [9.17, 15) is 13.6 Å². The van der Waals surface area contributed by atoms with Gasteiger partial charge in [0.05, 0.1) is 19.2 Å². The molecule has 1 aromatic carbocycles. The molecule has 0 aromatic heterocycles. The summed E-state index contributed by atoms with van der Waals surface area (Å²) < 4.78 is 32.4. The van der Waals surface area contributed by atoms with E-state index in [0.29, 0.717) is 0 Å². The number of anilines is 1. The topological polar surface area (TPSA) is 65.4 Å². The monoisotopic (exact) mass is 281 g/mol. The summed E-state index contributed by atoms with van der Waals surface area (Å²) >= 11 is 0. The maximum Gasteiger partial charge on any atom is 0.254 e. The molecule has 1 heterocycles. The Morgan fingerprint density at radius 3 is 2.70 bits per heavy atom. The number of nitriles is 1. The summed E-state index contributed by atoms with van der Waals surface area (Å²) in [5.41, 5.74) is -0.365. The normalized spacial score (nSPS) is 18.5. The lowest BCUT2D eigenvalue weighted by atomic mass is 10.1. The van der Waals surface area contributed by atoms with Crippen molar-refractivity contribution in [2.75, 3.05) is 32.1 Å². The van der Waals surface area contributed by atoms with Crippen LogP contribution in [-0.4, -0.2) is 43.7 Å². The van der Waals surface area contributed by atoms with Crippen molar-refractivity contribution < 1.29 is 18.3 Å². The Morgan fingerprint density at radius 2 is 2.15 bits per heavy atom. The smallest absolute Gasteiger partial charge is 0.254 e. The number of amides is 1. The predicted octanol–water partition coefficient (Wildman–Crippen LogP) is 1.37. The lowest BCUT2D eigenvalue weighted by molar-refractivity contribution is 0.00343. The van der Waals surface area contributed by atoms with Crippen molar-refractivity contribution in [2.45, 2.75) is 6.10 Å². The van der Waals surface area contributed by atoms with E-state index in [0.717, 1.165) is 12.1 Å². The molecule has 0 radical (unpaired) electrons. The standard InChI is InChI=1S/C13H13F2N3O2/c1-17-12-10(14)4-8(5-11(12)15)13(19)18-2-3-20-9(6-16)7-18/h4-5,9,17H,2-3,7H2,1H3. The van der Waals surface area contributed by atoms with Gasteiger partial charge in [-0.3, -0.25) is 4.79 Å². The highest BCUT2D eigenvalue weighted by Crippen LogP contribution is 2.21. The summed E-state index contributed by atoms with van der Waals surface area (Å²) in [4.78, 5) is 13.5. The molecule has 1 aliphatic heterocycles. The first-order valence-corrected chi connectivity index (χ1v) is 6.04. The number of hydrogen-bond acceptors (Lipinski definition) is 4. The van der Waals surface area contributed by atoms with Gasteiger partial charge in [0.1, 0.15) is 17.3 Å². The largest absolute Gasteiger partial charge is 0.383 e. The third kappa shape index (κ3) is 2.70. The Labute approximate surface area is 114 Å². The Bertz CT molecular complexity index is 548. The van der Waals surface area contributed by atoms with Gasteiger partial charge >= 0.3 is 0 Å². The highest BCUT2D eigenvalue weighted by Gasteiger charge is 2.26. The van der Waals surface area contributed by atoms with Crippen LogP contribution in [0.25, 0.3) is 0 Å². The predicted molar refractivity (Wildman–Crippen MR) is 67.2 cm³/mol. The van der Waals surface area contributed by atoms with E-state index in [2.05, 4.69) is 5.32 Å². The van der Waals surface area contributed by atoms with Crippen LogP contribution in [0.4, 0.5) is 14.5 Å². The number of carbonyl (C=O) groups is 1. The maximum absolute atomic E-state index is 13.6. The number of rotatable bonds is 2. The van der Waals surface area contributed by atoms with Gasteiger partial charge in [0.15, 0.2) is 6.10 Å². The van der Waals surface area contributed by atoms with Gasteiger partial charge in [0.2, 0.25) is 0 Å². The third-order valence-electron chi connectivity index (χ3n) is 3.04. The lowest BCUT2D eigenvalue weighted by Crippen LogP contribution is -2.45. The quantitative estimate of drug-likeness (QED) is 0.889. The average Bonchev–Trinajstić information content (AvgIpc) is 2.46. The minimum Gasteiger partial charge on any atom is -0.383 e. The van der Waals surface area contributed by atoms with Crippen molar-refractivity contribution in [3.8, 4) is 6.07 Å². The van der Waals surface area contributed by atoms with Crippen LogP contribution in [-0.2, 0) is 4.74 Å². The molecule has 1 atom stereocenters. The first kappa shape index (κ1) is 14.2. The van der Waals surface area contributed by atoms with Crippen molar-refractivity contribution in [3.05, 3.63) is 29.3 Å². The molecule has 1 aromatic rings. The second-order valence-electron chi connectivity index (χ2n) is 4.30. The van der Waals surface area contributed by atoms with Crippen LogP contribution in [0.15, 0.2) is 12.1 Å². The fourth-order valence-electron chi connectivity index (χ4n) is 2.03. The first-order chi connectivity index (χ1) is 9.56. The molecule has 106 valence electrons. The molecule has 2 rings (SSSR count). The molecule has 1 N–H and O–H groups in total.